The lowest BCUT2D eigenvalue weighted by Crippen LogP contribution is -2.50. The maximum absolute atomic E-state index is 12.0. The summed E-state index contributed by atoms with van der Waals surface area (Å²) in [6.45, 7) is 4.74. The van der Waals surface area contributed by atoms with Crippen LogP contribution in [0.3, 0.4) is 0 Å². The molecule has 2 unspecified atom stereocenters. The average molecular weight is 239 g/mol. The molecule has 2 amide bonds. The molecule has 0 saturated carbocycles. The van der Waals surface area contributed by atoms with Gasteiger partial charge >= 0.3 is 0 Å². The fraction of sp³-hybridized carbons (Fsp3) is 0.667. The van der Waals surface area contributed by atoms with E-state index in [1.807, 2.05) is 0 Å². The van der Waals surface area contributed by atoms with Gasteiger partial charge in [-0.2, -0.15) is 0 Å². The van der Waals surface area contributed by atoms with E-state index in [0.717, 1.165) is 12.8 Å². The van der Waals surface area contributed by atoms with Crippen LogP contribution in [0.4, 0.5) is 0 Å². The van der Waals surface area contributed by atoms with Crippen LogP contribution in [0.25, 0.3) is 0 Å². The molecule has 2 atom stereocenters. The Balaban J connectivity index is 2.57. The molecule has 0 aromatic rings. The number of hydrogen-bond acceptors (Lipinski definition) is 3. The van der Waals surface area contributed by atoms with Gasteiger partial charge in [-0.15, -0.1) is 6.58 Å². The summed E-state index contributed by atoms with van der Waals surface area (Å²) in [6, 6.07) is -0.532. The van der Waals surface area contributed by atoms with Crippen LogP contribution in [0.1, 0.15) is 19.3 Å². The van der Waals surface area contributed by atoms with Crippen molar-refractivity contribution in [2.24, 2.45) is 11.7 Å². The summed E-state index contributed by atoms with van der Waals surface area (Å²) in [5.74, 6) is -0.188. The van der Waals surface area contributed by atoms with E-state index >= 15 is 0 Å². The SMILES string of the molecule is C=CCC(N)C(=O)N1CCCC(C(=O)NC)C1. The Labute approximate surface area is 102 Å². The van der Waals surface area contributed by atoms with Crippen LogP contribution in [0, 0.1) is 5.92 Å². The number of amides is 2. The summed E-state index contributed by atoms with van der Waals surface area (Å²) in [7, 11) is 1.62. The second-order valence-corrected chi connectivity index (χ2v) is 4.37. The Bertz CT molecular complexity index is 304. The van der Waals surface area contributed by atoms with Gasteiger partial charge in [0.05, 0.1) is 12.0 Å². The molecule has 1 aliphatic heterocycles. The van der Waals surface area contributed by atoms with E-state index in [1.54, 1.807) is 18.0 Å². The molecular weight excluding hydrogens is 218 g/mol. The zero-order valence-corrected chi connectivity index (χ0v) is 10.3. The zero-order chi connectivity index (χ0) is 12.8. The van der Waals surface area contributed by atoms with Gasteiger partial charge in [0.15, 0.2) is 0 Å². The van der Waals surface area contributed by atoms with E-state index in [-0.39, 0.29) is 17.7 Å². The molecule has 17 heavy (non-hydrogen) atoms. The fourth-order valence-corrected chi connectivity index (χ4v) is 2.11. The Hall–Kier alpha value is -1.36. The number of nitrogens with zero attached hydrogens (tertiary/aromatic N) is 1. The standard InChI is InChI=1S/C12H21N3O2/c1-3-5-10(13)12(17)15-7-4-6-9(8-15)11(16)14-2/h3,9-10H,1,4-8,13H2,2H3,(H,14,16). The minimum Gasteiger partial charge on any atom is -0.359 e. The van der Waals surface area contributed by atoms with E-state index in [9.17, 15) is 9.59 Å². The first-order valence-corrected chi connectivity index (χ1v) is 5.97. The predicted octanol–water partition coefficient (Wildman–Crippen LogP) is -0.126. The minimum atomic E-state index is -0.532. The Morgan fingerprint density at radius 3 is 2.94 bits per heavy atom. The highest BCUT2D eigenvalue weighted by atomic mass is 16.2. The highest BCUT2D eigenvalue weighted by molar-refractivity contribution is 5.84. The van der Waals surface area contributed by atoms with Crippen LogP contribution >= 0.6 is 0 Å². The lowest BCUT2D eigenvalue weighted by Gasteiger charge is -2.33. The summed E-state index contributed by atoms with van der Waals surface area (Å²) in [4.78, 5) is 25.2. The Morgan fingerprint density at radius 2 is 2.35 bits per heavy atom. The number of piperidine rings is 1. The molecule has 0 bridgehead atoms. The third kappa shape index (κ3) is 3.56. The number of likely N-dealkylation sites (tertiary alicyclic amines) is 1. The van der Waals surface area contributed by atoms with E-state index in [2.05, 4.69) is 11.9 Å². The van der Waals surface area contributed by atoms with Crippen molar-refractivity contribution in [3.8, 4) is 0 Å². The first kappa shape index (κ1) is 13.7. The van der Waals surface area contributed by atoms with Gasteiger partial charge in [-0.1, -0.05) is 6.08 Å². The summed E-state index contributed by atoms with van der Waals surface area (Å²) in [5.41, 5.74) is 5.75. The van der Waals surface area contributed by atoms with Gasteiger partial charge in [0, 0.05) is 20.1 Å². The zero-order valence-electron chi connectivity index (χ0n) is 10.3. The third-order valence-corrected chi connectivity index (χ3v) is 3.09. The number of carbonyl (C=O) groups excluding carboxylic acids is 2. The predicted molar refractivity (Wildman–Crippen MR) is 66.2 cm³/mol. The molecule has 0 spiro atoms. The number of carbonyl (C=O) groups is 2. The quantitative estimate of drug-likeness (QED) is 0.671. The van der Waals surface area contributed by atoms with Crippen LogP contribution in [-0.2, 0) is 9.59 Å². The number of nitrogens with two attached hydrogens (primary N) is 1. The van der Waals surface area contributed by atoms with Crippen molar-refractivity contribution in [2.75, 3.05) is 20.1 Å². The molecule has 96 valence electrons. The average Bonchev–Trinajstić information content (AvgIpc) is 2.37. The molecule has 5 heteroatoms. The number of nitrogens with one attached hydrogen (secondary N) is 1. The molecule has 1 heterocycles. The van der Waals surface area contributed by atoms with E-state index in [0.29, 0.717) is 19.5 Å². The van der Waals surface area contributed by atoms with Gasteiger partial charge in [0.25, 0.3) is 0 Å². The minimum absolute atomic E-state index is 0.000192. The molecule has 0 aliphatic carbocycles. The first-order valence-electron chi connectivity index (χ1n) is 5.97. The maximum atomic E-state index is 12.0. The lowest BCUT2D eigenvalue weighted by molar-refractivity contribution is -0.136. The molecule has 1 fully saturated rings. The monoisotopic (exact) mass is 239 g/mol. The van der Waals surface area contributed by atoms with Gasteiger partial charge in [-0.25, -0.2) is 0 Å². The smallest absolute Gasteiger partial charge is 0.239 e. The summed E-state index contributed by atoms with van der Waals surface area (Å²) >= 11 is 0. The Kier molecular flexibility index (Phi) is 5.15. The van der Waals surface area contributed by atoms with Gasteiger partial charge in [-0.05, 0) is 19.3 Å². The van der Waals surface area contributed by atoms with Crippen LogP contribution in [-0.4, -0.2) is 42.9 Å². The van der Waals surface area contributed by atoms with Gasteiger partial charge in [0.2, 0.25) is 11.8 Å². The molecule has 3 N–H and O–H groups in total. The van der Waals surface area contributed by atoms with E-state index in [1.165, 1.54) is 0 Å². The summed E-state index contributed by atoms with van der Waals surface area (Å²) in [5, 5.41) is 2.62. The highest BCUT2D eigenvalue weighted by Gasteiger charge is 2.29. The molecular formula is C12H21N3O2. The second-order valence-electron chi connectivity index (χ2n) is 4.37. The Morgan fingerprint density at radius 1 is 1.65 bits per heavy atom. The van der Waals surface area contributed by atoms with Crippen LogP contribution in [0.15, 0.2) is 12.7 Å². The van der Waals surface area contributed by atoms with Crippen LogP contribution in [0.2, 0.25) is 0 Å². The molecule has 5 nitrogen and oxygen atoms in total. The molecule has 1 saturated heterocycles. The van der Waals surface area contributed by atoms with Crippen molar-refractivity contribution in [3.05, 3.63) is 12.7 Å². The topological polar surface area (TPSA) is 75.4 Å². The van der Waals surface area contributed by atoms with Crippen LogP contribution in [0.5, 0.6) is 0 Å². The number of hydrogen-bond donors (Lipinski definition) is 2. The van der Waals surface area contributed by atoms with E-state index < -0.39 is 6.04 Å². The van der Waals surface area contributed by atoms with Crippen molar-refractivity contribution in [1.82, 2.24) is 10.2 Å². The van der Waals surface area contributed by atoms with Gasteiger partial charge in [0.1, 0.15) is 0 Å². The summed E-state index contributed by atoms with van der Waals surface area (Å²) < 4.78 is 0. The highest BCUT2D eigenvalue weighted by Crippen LogP contribution is 2.17. The molecule has 0 radical (unpaired) electrons. The van der Waals surface area contributed by atoms with E-state index in [4.69, 9.17) is 5.73 Å². The fourth-order valence-electron chi connectivity index (χ4n) is 2.11. The number of rotatable bonds is 4. The second kappa shape index (κ2) is 6.39. The molecule has 0 aromatic carbocycles. The summed E-state index contributed by atoms with van der Waals surface area (Å²) in [6.07, 6.45) is 3.80. The maximum Gasteiger partial charge on any atom is 0.239 e. The van der Waals surface area contributed by atoms with Crippen molar-refractivity contribution in [1.29, 1.82) is 0 Å². The molecule has 1 aliphatic rings. The van der Waals surface area contributed by atoms with Crippen molar-refractivity contribution < 1.29 is 9.59 Å². The van der Waals surface area contributed by atoms with Gasteiger partial charge < -0.3 is 16.0 Å². The molecule has 0 aromatic heterocycles. The lowest BCUT2D eigenvalue weighted by atomic mass is 9.96. The van der Waals surface area contributed by atoms with Crippen molar-refractivity contribution in [2.45, 2.75) is 25.3 Å². The normalized spacial score (nSPS) is 21.8. The largest absolute Gasteiger partial charge is 0.359 e. The first-order chi connectivity index (χ1) is 8.10. The van der Waals surface area contributed by atoms with Crippen LogP contribution < -0.4 is 11.1 Å². The van der Waals surface area contributed by atoms with Crippen molar-refractivity contribution in [3.63, 3.8) is 0 Å². The third-order valence-electron chi connectivity index (χ3n) is 3.09. The van der Waals surface area contributed by atoms with Crippen molar-refractivity contribution >= 4 is 11.8 Å². The van der Waals surface area contributed by atoms with Gasteiger partial charge in [-0.3, -0.25) is 9.59 Å². The molecule has 1 rings (SSSR count).